The van der Waals surface area contributed by atoms with Crippen molar-refractivity contribution in [3.05, 3.63) is 83.3 Å². The Morgan fingerprint density at radius 2 is 1.97 bits per heavy atom. The highest BCUT2D eigenvalue weighted by molar-refractivity contribution is 7.20. The highest BCUT2D eigenvalue weighted by Crippen LogP contribution is 2.36. The van der Waals surface area contributed by atoms with Crippen LogP contribution >= 0.6 is 22.9 Å². The molecule has 2 aromatic carbocycles. The minimum absolute atomic E-state index is 0.208. The number of para-hydroxylation sites is 1. The summed E-state index contributed by atoms with van der Waals surface area (Å²) in [5, 5.41) is 8.77. The van der Waals surface area contributed by atoms with E-state index in [-0.39, 0.29) is 11.7 Å². The second-order valence-corrected chi connectivity index (χ2v) is 7.68. The molecule has 0 spiro atoms. The van der Waals surface area contributed by atoms with E-state index < -0.39 is 0 Å². The molecule has 0 atom stereocenters. The molecule has 0 aliphatic heterocycles. The van der Waals surface area contributed by atoms with Crippen molar-refractivity contribution < 1.29 is 13.9 Å². The maximum Gasteiger partial charge on any atom is 0.292 e. The van der Waals surface area contributed by atoms with Crippen LogP contribution < -0.4 is 15.5 Å². The van der Waals surface area contributed by atoms with Gasteiger partial charge in [0.15, 0.2) is 5.76 Å². The molecule has 0 radical (unpaired) electrons. The maximum absolute atomic E-state index is 12.5. The summed E-state index contributed by atoms with van der Waals surface area (Å²) in [6, 6.07) is 18.0. The van der Waals surface area contributed by atoms with Crippen LogP contribution in [0.25, 0.3) is 11.3 Å². The maximum atomic E-state index is 12.5. The van der Waals surface area contributed by atoms with Crippen LogP contribution in [0.2, 0.25) is 5.02 Å². The fourth-order valence-corrected chi connectivity index (χ4v) is 3.72. The third-order valence-electron chi connectivity index (χ3n) is 4.22. The predicted molar refractivity (Wildman–Crippen MR) is 123 cm³/mol. The molecule has 0 unspecified atom stereocenters. The van der Waals surface area contributed by atoms with Crippen molar-refractivity contribution in [2.75, 3.05) is 17.9 Å². The van der Waals surface area contributed by atoms with Crippen molar-refractivity contribution in [2.45, 2.75) is 0 Å². The first kappa shape index (κ1) is 20.6. The average molecular weight is 453 g/mol. The minimum atomic E-state index is -0.368. The van der Waals surface area contributed by atoms with Crippen LogP contribution in [0.5, 0.6) is 5.75 Å². The quantitative estimate of drug-likeness (QED) is 0.275. The van der Waals surface area contributed by atoms with Crippen molar-refractivity contribution >= 4 is 45.2 Å². The third kappa shape index (κ3) is 4.93. The number of hydrogen-bond acceptors (Lipinski definition) is 7. The molecule has 4 rings (SSSR count). The zero-order valence-corrected chi connectivity index (χ0v) is 17.9. The van der Waals surface area contributed by atoms with Crippen LogP contribution in [-0.4, -0.2) is 24.2 Å². The number of ether oxygens (including phenoxy) is 1. The Morgan fingerprint density at radius 1 is 1.16 bits per heavy atom. The van der Waals surface area contributed by atoms with Crippen molar-refractivity contribution in [1.82, 2.24) is 4.98 Å². The Hall–Kier alpha value is -3.62. The van der Waals surface area contributed by atoms with Crippen LogP contribution in [-0.2, 0) is 0 Å². The number of furan rings is 1. The van der Waals surface area contributed by atoms with Gasteiger partial charge in [0, 0.05) is 16.1 Å². The molecule has 2 aromatic heterocycles. The summed E-state index contributed by atoms with van der Waals surface area (Å²) in [4.78, 5) is 17.1. The lowest BCUT2D eigenvalue weighted by atomic mass is 10.1. The molecule has 0 aliphatic rings. The molecule has 0 aliphatic carbocycles. The van der Waals surface area contributed by atoms with Crippen LogP contribution in [0.3, 0.4) is 0 Å². The number of carbonyl (C=O) groups is 1. The molecule has 0 saturated heterocycles. The number of nitrogens with zero attached hydrogens (tertiary/aromatic N) is 2. The van der Waals surface area contributed by atoms with E-state index in [1.54, 1.807) is 37.6 Å². The average Bonchev–Trinajstić information content (AvgIpc) is 3.45. The summed E-state index contributed by atoms with van der Waals surface area (Å²) in [5.74, 6) is 0.549. The number of anilines is 2. The van der Waals surface area contributed by atoms with Gasteiger partial charge in [-0.05, 0) is 36.4 Å². The fourth-order valence-electron chi connectivity index (χ4n) is 2.76. The molecule has 2 N–H and O–H groups in total. The van der Waals surface area contributed by atoms with E-state index in [0.717, 1.165) is 11.1 Å². The normalized spacial score (nSPS) is 10.9. The van der Waals surface area contributed by atoms with E-state index in [1.165, 1.54) is 17.6 Å². The second kappa shape index (κ2) is 9.46. The van der Waals surface area contributed by atoms with Crippen LogP contribution in [0.4, 0.5) is 10.1 Å². The first-order valence-corrected chi connectivity index (χ1v) is 10.4. The molecule has 156 valence electrons. The van der Waals surface area contributed by atoms with Gasteiger partial charge in [0.1, 0.15) is 16.4 Å². The Morgan fingerprint density at radius 3 is 2.71 bits per heavy atom. The van der Waals surface area contributed by atoms with Gasteiger partial charge in [0.05, 0.1) is 19.6 Å². The smallest absolute Gasteiger partial charge is 0.292 e. The van der Waals surface area contributed by atoms with E-state index in [4.69, 9.17) is 20.8 Å². The number of amides is 1. The Labute approximate surface area is 187 Å². The van der Waals surface area contributed by atoms with E-state index in [2.05, 4.69) is 20.8 Å². The van der Waals surface area contributed by atoms with Gasteiger partial charge in [0.25, 0.3) is 5.91 Å². The van der Waals surface area contributed by atoms with Crippen LogP contribution in [0.1, 0.15) is 16.1 Å². The molecule has 0 bridgehead atoms. The zero-order chi connectivity index (χ0) is 21.6. The summed E-state index contributed by atoms with van der Waals surface area (Å²) in [6.45, 7) is 0. The first-order valence-electron chi connectivity index (χ1n) is 9.18. The summed E-state index contributed by atoms with van der Waals surface area (Å²) in [6.07, 6.45) is 3.09. The van der Waals surface area contributed by atoms with Gasteiger partial charge in [-0.3, -0.25) is 10.2 Å². The SMILES string of the molecule is COc1ccccc1/C=N\Nc1nc(-c2ccc(Cl)cc2)c(NC(=O)c2ccco2)s1. The van der Waals surface area contributed by atoms with Gasteiger partial charge >= 0.3 is 0 Å². The second-order valence-electron chi connectivity index (χ2n) is 6.25. The molecule has 31 heavy (non-hydrogen) atoms. The van der Waals surface area contributed by atoms with Gasteiger partial charge < -0.3 is 14.5 Å². The van der Waals surface area contributed by atoms with Crippen LogP contribution in [0.15, 0.2) is 76.4 Å². The molecule has 4 aromatic rings. The number of halogens is 1. The van der Waals surface area contributed by atoms with Gasteiger partial charge in [-0.1, -0.05) is 47.2 Å². The molecule has 7 nitrogen and oxygen atoms in total. The molecule has 0 saturated carbocycles. The number of hydrogen-bond donors (Lipinski definition) is 2. The molecular weight excluding hydrogens is 436 g/mol. The predicted octanol–water partition coefficient (Wildman–Crippen LogP) is 5.76. The van der Waals surface area contributed by atoms with Crippen LogP contribution in [0, 0.1) is 0 Å². The van der Waals surface area contributed by atoms with Crippen molar-refractivity contribution in [2.24, 2.45) is 5.10 Å². The standard InChI is InChI=1S/C22H17ClN4O3S/c1-29-17-6-3-2-5-15(17)13-24-27-22-25-19(14-8-10-16(23)11-9-14)21(31-22)26-20(28)18-7-4-12-30-18/h2-13H,1H3,(H,25,27)(H,26,28)/b24-13-. The molecule has 0 fully saturated rings. The highest BCUT2D eigenvalue weighted by atomic mass is 35.5. The Balaban J connectivity index is 1.60. The van der Waals surface area contributed by atoms with Crippen molar-refractivity contribution in [3.63, 3.8) is 0 Å². The number of methoxy groups -OCH3 is 1. The summed E-state index contributed by atoms with van der Waals surface area (Å²) < 4.78 is 10.5. The third-order valence-corrected chi connectivity index (χ3v) is 5.35. The number of carbonyl (C=O) groups excluding carboxylic acids is 1. The number of thiazole rings is 1. The van der Waals surface area contributed by atoms with E-state index in [0.29, 0.717) is 26.6 Å². The molecule has 2 heterocycles. The number of rotatable bonds is 7. The number of nitrogens with one attached hydrogen (secondary N) is 2. The molecule has 1 amide bonds. The Bertz CT molecular complexity index is 1200. The number of aromatic nitrogens is 1. The lowest BCUT2D eigenvalue weighted by Crippen LogP contribution is -2.10. The number of hydrazone groups is 1. The summed E-state index contributed by atoms with van der Waals surface area (Å²) in [7, 11) is 1.60. The topological polar surface area (TPSA) is 88.8 Å². The van der Waals surface area contributed by atoms with Gasteiger partial charge in [-0.25, -0.2) is 4.98 Å². The van der Waals surface area contributed by atoms with E-state index in [1.807, 2.05) is 36.4 Å². The highest BCUT2D eigenvalue weighted by Gasteiger charge is 2.17. The zero-order valence-electron chi connectivity index (χ0n) is 16.3. The van der Waals surface area contributed by atoms with Crippen molar-refractivity contribution in [3.8, 4) is 17.0 Å². The number of benzene rings is 2. The van der Waals surface area contributed by atoms with E-state index >= 15 is 0 Å². The fraction of sp³-hybridized carbons (Fsp3) is 0.0455. The minimum Gasteiger partial charge on any atom is -0.496 e. The lowest BCUT2D eigenvalue weighted by Gasteiger charge is -2.03. The van der Waals surface area contributed by atoms with Gasteiger partial charge in [0.2, 0.25) is 5.13 Å². The Kier molecular flexibility index (Phi) is 6.30. The lowest BCUT2D eigenvalue weighted by molar-refractivity contribution is 0.0997. The largest absolute Gasteiger partial charge is 0.496 e. The summed E-state index contributed by atoms with van der Waals surface area (Å²) >= 11 is 7.26. The van der Waals surface area contributed by atoms with Gasteiger partial charge in [-0.15, -0.1) is 0 Å². The monoisotopic (exact) mass is 452 g/mol. The first-order chi connectivity index (χ1) is 15.1. The molecular formula is C22H17ClN4O3S. The van der Waals surface area contributed by atoms with Gasteiger partial charge in [-0.2, -0.15) is 5.10 Å². The van der Waals surface area contributed by atoms with Crippen molar-refractivity contribution in [1.29, 1.82) is 0 Å². The molecule has 9 heteroatoms. The summed E-state index contributed by atoms with van der Waals surface area (Å²) in [5.41, 5.74) is 5.13. The van der Waals surface area contributed by atoms with E-state index in [9.17, 15) is 4.79 Å².